The second-order valence-corrected chi connectivity index (χ2v) is 4.32. The fourth-order valence-electron chi connectivity index (χ4n) is 1.25. The third-order valence-electron chi connectivity index (χ3n) is 2.00. The van der Waals surface area contributed by atoms with Gasteiger partial charge in [-0.25, -0.2) is 4.79 Å². The normalized spacial score (nSPS) is 12.2. The van der Waals surface area contributed by atoms with Crippen LogP contribution in [-0.4, -0.2) is 25.8 Å². The molecule has 0 bridgehead atoms. The van der Waals surface area contributed by atoms with Crippen LogP contribution in [0.2, 0.25) is 10.0 Å². The first-order chi connectivity index (χ1) is 7.95. The zero-order valence-electron chi connectivity index (χ0n) is 9.50. The quantitative estimate of drug-likeness (QED) is 0.679. The van der Waals surface area contributed by atoms with E-state index in [-0.39, 0.29) is 27.4 Å². The lowest BCUT2D eigenvalue weighted by Crippen LogP contribution is -2.19. The van der Waals surface area contributed by atoms with Gasteiger partial charge in [-0.2, -0.15) is 0 Å². The number of hydrogen-bond donors (Lipinski definition) is 1. The largest absolute Gasteiger partial charge is 0.457 e. The molecule has 1 rings (SSSR count). The van der Waals surface area contributed by atoms with Crippen molar-refractivity contribution in [2.45, 2.75) is 13.0 Å². The lowest BCUT2D eigenvalue weighted by atomic mass is 10.2. The van der Waals surface area contributed by atoms with Crippen LogP contribution in [0.25, 0.3) is 0 Å². The summed E-state index contributed by atoms with van der Waals surface area (Å²) in [7, 11) is 1.53. The molecule has 0 saturated carbocycles. The fraction of sp³-hybridized carbons (Fsp3) is 0.364. The minimum Gasteiger partial charge on any atom is -0.457 e. The van der Waals surface area contributed by atoms with Crippen LogP contribution >= 0.6 is 23.2 Å². The molecule has 4 nitrogen and oxygen atoms in total. The summed E-state index contributed by atoms with van der Waals surface area (Å²) in [6.07, 6.45) is -0.344. The molecule has 0 spiro atoms. The van der Waals surface area contributed by atoms with Crippen molar-refractivity contribution in [2.75, 3.05) is 19.5 Å². The average Bonchev–Trinajstić information content (AvgIpc) is 2.25. The maximum absolute atomic E-state index is 11.7. The molecule has 94 valence electrons. The number of anilines is 1. The summed E-state index contributed by atoms with van der Waals surface area (Å²) >= 11 is 11.6. The van der Waals surface area contributed by atoms with Crippen LogP contribution in [0, 0.1) is 0 Å². The van der Waals surface area contributed by atoms with E-state index in [0.717, 1.165) is 0 Å². The molecule has 0 fully saturated rings. The number of ether oxygens (including phenoxy) is 2. The van der Waals surface area contributed by atoms with Gasteiger partial charge in [0, 0.05) is 7.11 Å². The summed E-state index contributed by atoms with van der Waals surface area (Å²) in [6, 6.07) is 2.85. The molecule has 0 aliphatic rings. The highest BCUT2D eigenvalue weighted by Gasteiger charge is 2.15. The molecule has 1 aromatic carbocycles. The topological polar surface area (TPSA) is 61.5 Å². The predicted octanol–water partition coefficient (Wildman–Crippen LogP) is 2.77. The van der Waals surface area contributed by atoms with E-state index in [1.165, 1.54) is 19.2 Å². The minimum atomic E-state index is -0.514. The van der Waals surface area contributed by atoms with E-state index in [0.29, 0.717) is 6.61 Å². The Morgan fingerprint density at radius 1 is 1.47 bits per heavy atom. The predicted molar refractivity (Wildman–Crippen MR) is 67.6 cm³/mol. The highest BCUT2D eigenvalue weighted by atomic mass is 35.5. The number of carbonyl (C=O) groups is 1. The standard InChI is InChI=1S/C11H13Cl2NO3/c1-6(5-16-2)17-11(15)7-3-8(12)10(13)9(14)4-7/h3-4,6H,5,14H2,1-2H3. The highest BCUT2D eigenvalue weighted by molar-refractivity contribution is 6.43. The van der Waals surface area contributed by atoms with Crippen molar-refractivity contribution in [2.24, 2.45) is 0 Å². The third kappa shape index (κ3) is 3.77. The van der Waals surface area contributed by atoms with E-state index in [2.05, 4.69) is 0 Å². The molecule has 0 amide bonds. The van der Waals surface area contributed by atoms with Gasteiger partial charge < -0.3 is 15.2 Å². The average molecular weight is 278 g/mol. The van der Waals surface area contributed by atoms with Gasteiger partial charge in [0.05, 0.1) is 27.9 Å². The smallest absolute Gasteiger partial charge is 0.338 e. The first kappa shape index (κ1) is 14.1. The molecule has 0 heterocycles. The number of hydrogen-bond acceptors (Lipinski definition) is 4. The Balaban J connectivity index is 2.83. The zero-order valence-corrected chi connectivity index (χ0v) is 11.0. The number of carbonyl (C=O) groups excluding carboxylic acids is 1. The second-order valence-electron chi connectivity index (χ2n) is 3.53. The zero-order chi connectivity index (χ0) is 13.0. The Morgan fingerprint density at radius 3 is 2.65 bits per heavy atom. The summed E-state index contributed by atoms with van der Waals surface area (Å²) in [5.74, 6) is -0.514. The van der Waals surface area contributed by atoms with Crippen LogP contribution in [0.3, 0.4) is 0 Å². The summed E-state index contributed by atoms with van der Waals surface area (Å²) in [5, 5.41) is 0.450. The Labute approximate surface area is 110 Å². The monoisotopic (exact) mass is 277 g/mol. The summed E-state index contributed by atoms with van der Waals surface area (Å²) in [4.78, 5) is 11.7. The maximum atomic E-state index is 11.7. The van der Waals surface area contributed by atoms with Crippen molar-refractivity contribution in [3.05, 3.63) is 27.7 Å². The summed E-state index contributed by atoms with van der Waals surface area (Å²) in [6.45, 7) is 2.05. The van der Waals surface area contributed by atoms with E-state index in [1.54, 1.807) is 6.92 Å². The van der Waals surface area contributed by atoms with Crippen molar-refractivity contribution in [3.8, 4) is 0 Å². The lowest BCUT2D eigenvalue weighted by Gasteiger charge is -2.12. The van der Waals surface area contributed by atoms with E-state index < -0.39 is 5.97 Å². The second kappa shape index (κ2) is 6.10. The van der Waals surface area contributed by atoms with E-state index in [9.17, 15) is 4.79 Å². The molecule has 0 aliphatic heterocycles. The molecular weight excluding hydrogens is 265 g/mol. The van der Waals surface area contributed by atoms with Crippen LogP contribution < -0.4 is 5.73 Å². The Bertz CT molecular complexity index is 400. The number of nitrogen functional groups attached to an aromatic ring is 1. The minimum absolute atomic E-state index is 0.220. The van der Waals surface area contributed by atoms with Gasteiger partial charge in [0.15, 0.2) is 0 Å². The van der Waals surface area contributed by atoms with E-state index in [4.69, 9.17) is 38.4 Å². The van der Waals surface area contributed by atoms with Crippen molar-refractivity contribution < 1.29 is 14.3 Å². The Kier molecular flexibility index (Phi) is 5.05. The van der Waals surface area contributed by atoms with Crippen LogP contribution in [0.15, 0.2) is 12.1 Å². The fourth-order valence-corrected chi connectivity index (χ4v) is 1.58. The van der Waals surface area contributed by atoms with Crippen molar-refractivity contribution in [1.29, 1.82) is 0 Å². The van der Waals surface area contributed by atoms with Gasteiger partial charge in [-0.05, 0) is 19.1 Å². The van der Waals surface area contributed by atoms with Gasteiger partial charge in [-0.15, -0.1) is 0 Å². The molecule has 0 saturated heterocycles. The number of esters is 1. The maximum Gasteiger partial charge on any atom is 0.338 e. The molecule has 0 aromatic heterocycles. The molecule has 1 aromatic rings. The van der Waals surface area contributed by atoms with Gasteiger partial charge in [0.25, 0.3) is 0 Å². The van der Waals surface area contributed by atoms with Gasteiger partial charge in [0.2, 0.25) is 0 Å². The molecule has 17 heavy (non-hydrogen) atoms. The molecule has 2 N–H and O–H groups in total. The third-order valence-corrected chi connectivity index (χ3v) is 2.82. The van der Waals surface area contributed by atoms with Gasteiger partial charge in [0.1, 0.15) is 6.10 Å². The number of rotatable bonds is 4. The first-order valence-corrected chi connectivity index (χ1v) is 5.65. The summed E-state index contributed by atoms with van der Waals surface area (Å²) < 4.78 is 9.96. The summed E-state index contributed by atoms with van der Waals surface area (Å²) in [5.41, 5.74) is 6.10. The van der Waals surface area contributed by atoms with Crippen molar-refractivity contribution >= 4 is 34.9 Å². The lowest BCUT2D eigenvalue weighted by molar-refractivity contribution is 0.0120. The van der Waals surface area contributed by atoms with Crippen LogP contribution in [0.1, 0.15) is 17.3 Å². The highest BCUT2D eigenvalue weighted by Crippen LogP contribution is 2.29. The van der Waals surface area contributed by atoms with Crippen LogP contribution in [0.4, 0.5) is 5.69 Å². The number of halogens is 2. The first-order valence-electron chi connectivity index (χ1n) is 4.90. The van der Waals surface area contributed by atoms with Gasteiger partial charge in [-0.3, -0.25) is 0 Å². The van der Waals surface area contributed by atoms with Gasteiger partial charge in [-0.1, -0.05) is 23.2 Å². The van der Waals surface area contributed by atoms with Crippen molar-refractivity contribution in [1.82, 2.24) is 0 Å². The Morgan fingerprint density at radius 2 is 2.12 bits per heavy atom. The SMILES string of the molecule is COCC(C)OC(=O)c1cc(N)c(Cl)c(Cl)c1. The van der Waals surface area contributed by atoms with E-state index >= 15 is 0 Å². The van der Waals surface area contributed by atoms with Crippen LogP contribution in [-0.2, 0) is 9.47 Å². The molecule has 0 aliphatic carbocycles. The molecule has 1 atom stereocenters. The molecular formula is C11H13Cl2NO3. The number of benzene rings is 1. The van der Waals surface area contributed by atoms with Gasteiger partial charge >= 0.3 is 5.97 Å². The van der Waals surface area contributed by atoms with E-state index in [1.807, 2.05) is 0 Å². The van der Waals surface area contributed by atoms with Crippen LogP contribution in [0.5, 0.6) is 0 Å². The Hall–Kier alpha value is -0.970. The number of nitrogens with two attached hydrogens (primary N) is 1. The molecule has 0 radical (unpaired) electrons. The molecule has 1 unspecified atom stereocenters. The van der Waals surface area contributed by atoms with Crippen molar-refractivity contribution in [3.63, 3.8) is 0 Å². The number of methoxy groups -OCH3 is 1. The molecule has 6 heteroatoms.